The zero-order valence-corrected chi connectivity index (χ0v) is 19.2. The van der Waals surface area contributed by atoms with E-state index < -0.39 is 5.97 Å². The minimum absolute atomic E-state index is 0.285. The van der Waals surface area contributed by atoms with E-state index in [4.69, 9.17) is 17.3 Å². The first-order valence-corrected chi connectivity index (χ1v) is 12.3. The van der Waals surface area contributed by atoms with Crippen LogP contribution in [0.4, 0.5) is 5.69 Å². The summed E-state index contributed by atoms with van der Waals surface area (Å²) in [5.41, 5.74) is 7.39. The molecule has 0 saturated carbocycles. The molecule has 0 spiro atoms. The molecule has 0 fully saturated rings. The molecule has 0 radical (unpaired) electrons. The van der Waals surface area contributed by atoms with Crippen LogP contribution in [0.1, 0.15) is 126 Å². The number of rotatable bonds is 18. The van der Waals surface area contributed by atoms with E-state index in [0.29, 0.717) is 22.7 Å². The molecule has 0 aliphatic heterocycles. The Morgan fingerprint density at radius 1 is 0.793 bits per heavy atom. The average Bonchev–Trinajstić information content (AvgIpc) is 2.70. The molecule has 1 aromatic carbocycles. The van der Waals surface area contributed by atoms with Gasteiger partial charge in [0.1, 0.15) is 0 Å². The number of carboxylic acids is 1. The minimum Gasteiger partial charge on any atom is -0.478 e. The van der Waals surface area contributed by atoms with E-state index >= 15 is 0 Å². The number of hydrogen-bond acceptors (Lipinski definition) is 2. The molecule has 0 saturated heterocycles. The van der Waals surface area contributed by atoms with Crippen molar-refractivity contribution in [2.24, 2.45) is 0 Å². The van der Waals surface area contributed by atoms with Crippen LogP contribution in [0.5, 0.6) is 0 Å². The monoisotopic (exact) mass is 423 g/mol. The van der Waals surface area contributed by atoms with E-state index in [-0.39, 0.29) is 5.56 Å². The zero-order chi connectivity index (χ0) is 21.3. The van der Waals surface area contributed by atoms with Crippen LogP contribution < -0.4 is 5.73 Å². The minimum atomic E-state index is -0.931. The van der Waals surface area contributed by atoms with Crippen molar-refractivity contribution >= 4 is 23.3 Å². The number of unbranched alkanes of at least 4 members (excludes halogenated alkanes) is 15. The van der Waals surface area contributed by atoms with Gasteiger partial charge in [-0.1, -0.05) is 115 Å². The molecule has 0 aromatic heterocycles. The Kier molecular flexibility index (Phi) is 14.7. The summed E-state index contributed by atoms with van der Waals surface area (Å²) in [5.74, 6) is -0.931. The molecule has 3 nitrogen and oxygen atoms in total. The SMILES string of the molecule is CCCCCCCCCCCCCCCCCCc1c(C(=O)O)ccc(Cl)c1N. The van der Waals surface area contributed by atoms with Gasteiger partial charge >= 0.3 is 5.97 Å². The van der Waals surface area contributed by atoms with E-state index in [0.717, 1.165) is 12.8 Å². The summed E-state index contributed by atoms with van der Waals surface area (Å²) in [5, 5.41) is 9.76. The van der Waals surface area contributed by atoms with Crippen molar-refractivity contribution < 1.29 is 9.90 Å². The Morgan fingerprint density at radius 3 is 1.62 bits per heavy atom. The van der Waals surface area contributed by atoms with Crippen molar-refractivity contribution in [3.05, 3.63) is 28.3 Å². The highest BCUT2D eigenvalue weighted by molar-refractivity contribution is 6.33. The van der Waals surface area contributed by atoms with Crippen molar-refractivity contribution in [3.63, 3.8) is 0 Å². The van der Waals surface area contributed by atoms with Gasteiger partial charge in [0.15, 0.2) is 0 Å². The van der Waals surface area contributed by atoms with Crippen molar-refractivity contribution in [1.82, 2.24) is 0 Å². The second-order valence-corrected chi connectivity index (χ2v) is 8.75. The second kappa shape index (κ2) is 16.6. The van der Waals surface area contributed by atoms with Crippen molar-refractivity contribution in [2.75, 3.05) is 5.73 Å². The van der Waals surface area contributed by atoms with Crippen LogP contribution in [0.2, 0.25) is 5.02 Å². The molecular weight excluding hydrogens is 382 g/mol. The van der Waals surface area contributed by atoms with Crippen molar-refractivity contribution in [2.45, 2.75) is 116 Å². The number of anilines is 1. The zero-order valence-electron chi connectivity index (χ0n) is 18.5. The summed E-state index contributed by atoms with van der Waals surface area (Å²) in [6, 6.07) is 3.13. The maximum Gasteiger partial charge on any atom is 0.336 e. The lowest BCUT2D eigenvalue weighted by molar-refractivity contribution is 0.0695. The molecule has 4 heteroatoms. The molecule has 0 aliphatic carbocycles. The van der Waals surface area contributed by atoms with Crippen LogP contribution in [0.3, 0.4) is 0 Å². The summed E-state index contributed by atoms with van der Waals surface area (Å²) in [6.07, 6.45) is 21.9. The molecule has 0 bridgehead atoms. The van der Waals surface area contributed by atoms with Gasteiger partial charge in [0, 0.05) is 0 Å². The Balaban J connectivity index is 1.98. The lowest BCUT2D eigenvalue weighted by Gasteiger charge is -2.11. The predicted molar refractivity (Wildman–Crippen MR) is 126 cm³/mol. The number of nitrogens with two attached hydrogens (primary N) is 1. The van der Waals surface area contributed by atoms with Crippen LogP contribution in [-0.4, -0.2) is 11.1 Å². The smallest absolute Gasteiger partial charge is 0.336 e. The highest BCUT2D eigenvalue weighted by Gasteiger charge is 2.14. The van der Waals surface area contributed by atoms with Gasteiger partial charge in [0.25, 0.3) is 0 Å². The molecule has 1 aromatic rings. The molecule has 1 rings (SSSR count). The molecule has 0 unspecified atom stereocenters. The van der Waals surface area contributed by atoms with Gasteiger partial charge in [0.2, 0.25) is 0 Å². The average molecular weight is 424 g/mol. The topological polar surface area (TPSA) is 63.3 Å². The molecule has 29 heavy (non-hydrogen) atoms. The summed E-state index contributed by atoms with van der Waals surface area (Å²) in [7, 11) is 0. The number of carbonyl (C=O) groups is 1. The molecule has 0 heterocycles. The number of halogens is 1. The number of benzene rings is 1. The normalized spacial score (nSPS) is 11.1. The Bertz CT molecular complexity index is 574. The van der Waals surface area contributed by atoms with Gasteiger partial charge in [-0.15, -0.1) is 0 Å². The predicted octanol–water partition coefficient (Wildman–Crippen LogP) is 8.42. The molecule has 0 atom stereocenters. The fraction of sp³-hybridized carbons (Fsp3) is 0.720. The van der Waals surface area contributed by atoms with Gasteiger partial charge in [-0.2, -0.15) is 0 Å². The fourth-order valence-corrected chi connectivity index (χ4v) is 4.13. The maximum absolute atomic E-state index is 11.4. The fourth-order valence-electron chi connectivity index (χ4n) is 3.96. The summed E-state index contributed by atoms with van der Waals surface area (Å²) >= 11 is 6.05. The summed E-state index contributed by atoms with van der Waals surface area (Å²) in [6.45, 7) is 2.27. The van der Waals surface area contributed by atoms with E-state index in [1.54, 1.807) is 12.1 Å². The Hall–Kier alpha value is -1.22. The highest BCUT2D eigenvalue weighted by atomic mass is 35.5. The third kappa shape index (κ3) is 11.5. The van der Waals surface area contributed by atoms with E-state index in [1.807, 2.05) is 0 Å². The molecule has 0 amide bonds. The number of hydrogen-bond donors (Lipinski definition) is 2. The van der Waals surface area contributed by atoms with Crippen molar-refractivity contribution in [3.8, 4) is 0 Å². The van der Waals surface area contributed by atoms with Gasteiger partial charge in [-0.3, -0.25) is 0 Å². The first kappa shape index (κ1) is 25.8. The largest absolute Gasteiger partial charge is 0.478 e. The summed E-state index contributed by atoms with van der Waals surface area (Å²) < 4.78 is 0. The Labute approximate surface area is 183 Å². The first-order valence-electron chi connectivity index (χ1n) is 11.9. The summed E-state index contributed by atoms with van der Waals surface area (Å²) in [4.78, 5) is 11.4. The van der Waals surface area contributed by atoms with Gasteiger partial charge < -0.3 is 10.8 Å². The van der Waals surface area contributed by atoms with Gasteiger partial charge in [0.05, 0.1) is 16.3 Å². The van der Waals surface area contributed by atoms with Crippen LogP contribution in [0, 0.1) is 0 Å². The van der Waals surface area contributed by atoms with Crippen LogP contribution in [-0.2, 0) is 6.42 Å². The molecular formula is C25H42ClNO2. The second-order valence-electron chi connectivity index (χ2n) is 8.35. The van der Waals surface area contributed by atoms with E-state index in [2.05, 4.69) is 6.92 Å². The van der Waals surface area contributed by atoms with E-state index in [9.17, 15) is 9.90 Å². The standard InChI is InChI=1S/C25H42ClNO2/c1-2-3-4-5-6-7-8-9-10-11-12-13-14-15-16-17-18-21-22(25(28)29)19-20-23(26)24(21)27/h19-20H,2-18,27H2,1H3,(H,28,29). The lowest BCUT2D eigenvalue weighted by atomic mass is 9.98. The van der Waals surface area contributed by atoms with Crippen LogP contribution >= 0.6 is 11.6 Å². The third-order valence-electron chi connectivity index (χ3n) is 5.81. The molecule has 3 N–H and O–H groups in total. The first-order chi connectivity index (χ1) is 14.1. The van der Waals surface area contributed by atoms with Crippen molar-refractivity contribution in [1.29, 1.82) is 0 Å². The van der Waals surface area contributed by atoms with Gasteiger partial charge in [-0.05, 0) is 30.5 Å². The van der Waals surface area contributed by atoms with Gasteiger partial charge in [-0.25, -0.2) is 4.79 Å². The highest BCUT2D eigenvalue weighted by Crippen LogP contribution is 2.28. The number of aromatic carboxylic acids is 1. The van der Waals surface area contributed by atoms with E-state index in [1.165, 1.54) is 89.9 Å². The molecule has 166 valence electrons. The van der Waals surface area contributed by atoms with Crippen LogP contribution in [0.25, 0.3) is 0 Å². The maximum atomic E-state index is 11.4. The number of nitrogen functional groups attached to an aromatic ring is 1. The third-order valence-corrected chi connectivity index (χ3v) is 6.14. The Morgan fingerprint density at radius 2 is 1.21 bits per heavy atom. The lowest BCUT2D eigenvalue weighted by Crippen LogP contribution is -2.06. The number of carboxylic acid groups (broad SMARTS) is 1. The van der Waals surface area contributed by atoms with Crippen LogP contribution in [0.15, 0.2) is 12.1 Å². The molecule has 0 aliphatic rings. The quantitative estimate of drug-likeness (QED) is 0.184.